The first-order valence-corrected chi connectivity index (χ1v) is 6.80. The van der Waals surface area contributed by atoms with Crippen molar-refractivity contribution in [3.05, 3.63) is 56.5 Å². The number of halogens is 1. The van der Waals surface area contributed by atoms with Gasteiger partial charge in [-0.15, -0.1) is 0 Å². The normalized spacial score (nSPS) is 15.2. The number of nitro benzene ring substituents is 1. The number of nitrogens with zero attached hydrogens (tertiary/aromatic N) is 2. The van der Waals surface area contributed by atoms with E-state index < -0.39 is 30.5 Å². The molecule has 0 spiro atoms. The first kappa shape index (κ1) is 10.2. The number of hydrogen-bond acceptors (Lipinski definition) is 5. The Morgan fingerprint density at radius 1 is 1.39 bits per heavy atom. The van der Waals surface area contributed by atoms with Crippen molar-refractivity contribution in [3.8, 4) is 17.2 Å². The fraction of sp³-hybridized carbons (Fsp3) is 0.133. The van der Waals surface area contributed by atoms with Gasteiger partial charge in [0.05, 0.1) is 15.5 Å². The van der Waals surface area contributed by atoms with E-state index in [1.165, 1.54) is 18.2 Å². The van der Waals surface area contributed by atoms with E-state index in [1.54, 1.807) is 0 Å². The molecule has 8 heteroatoms. The molecule has 0 aliphatic rings. The highest BCUT2D eigenvalue weighted by molar-refractivity contribution is 9.10. The Bertz CT molecular complexity index is 949. The highest BCUT2D eigenvalue weighted by Gasteiger charge is 2.20. The molecule has 0 atom stereocenters. The van der Waals surface area contributed by atoms with Gasteiger partial charge in [0.25, 0.3) is 5.91 Å². The molecule has 0 unspecified atom stereocenters. The van der Waals surface area contributed by atoms with Crippen LogP contribution in [0, 0.1) is 10.1 Å². The van der Waals surface area contributed by atoms with Crippen LogP contribution in [-0.2, 0) is 0 Å². The van der Waals surface area contributed by atoms with Crippen LogP contribution in [-0.4, -0.2) is 34.8 Å². The van der Waals surface area contributed by atoms with Crippen LogP contribution >= 0.6 is 15.9 Å². The molecule has 2 aromatic carbocycles. The Morgan fingerprint density at radius 3 is 2.78 bits per heavy atom. The zero-order valence-corrected chi connectivity index (χ0v) is 12.9. The van der Waals surface area contributed by atoms with Crippen molar-refractivity contribution < 1.29 is 27.8 Å². The van der Waals surface area contributed by atoms with Gasteiger partial charge in [0.2, 0.25) is 5.75 Å². The molecular formula is C15H13BrN2O5. The van der Waals surface area contributed by atoms with Crippen molar-refractivity contribution in [2.24, 2.45) is 0 Å². The second kappa shape index (κ2) is 6.66. The van der Waals surface area contributed by atoms with E-state index in [4.69, 9.17) is 13.0 Å². The smallest absolute Gasteiger partial charge is 0.315 e. The molecule has 2 aromatic rings. The average Bonchev–Trinajstić information content (AvgIpc) is 2.55. The second-order valence-electron chi connectivity index (χ2n) is 4.30. The third kappa shape index (κ3) is 3.78. The van der Waals surface area contributed by atoms with E-state index in [9.17, 15) is 20.0 Å². The number of carbonyl (C=O) groups excluding carboxylic acids is 1. The number of amides is 1. The first-order chi connectivity index (χ1) is 13.2. The minimum Gasteiger partial charge on any atom is -0.507 e. The minimum absolute atomic E-state index is 0.0902. The van der Waals surface area contributed by atoms with Gasteiger partial charge in [0.1, 0.15) is 11.5 Å². The van der Waals surface area contributed by atoms with E-state index in [0.717, 1.165) is 18.2 Å². The fourth-order valence-corrected chi connectivity index (χ4v) is 2.03. The van der Waals surface area contributed by atoms with Gasteiger partial charge in [-0.2, -0.15) is 0 Å². The number of aromatic hydroxyl groups is 1. The topological polar surface area (TPSA) is 92.9 Å². The highest BCUT2D eigenvalue weighted by Crippen LogP contribution is 2.39. The predicted molar refractivity (Wildman–Crippen MR) is 87.0 cm³/mol. The van der Waals surface area contributed by atoms with Crippen LogP contribution in [0.2, 0.25) is 0 Å². The Labute approximate surface area is 148 Å². The largest absolute Gasteiger partial charge is 0.507 e. The standard InChI is InChI=1S/C15H13BrN2O5/c1-17(2)15(20)9-4-3-5-10(6-9)23-14-7-11(16)13(19)8-12(14)18(21)22/h3-8,19H,1-2H3/i1D3,2D3. The summed E-state index contributed by atoms with van der Waals surface area (Å²) < 4.78 is 49.4. The summed E-state index contributed by atoms with van der Waals surface area (Å²) in [6, 6.07) is 6.86. The molecule has 0 bridgehead atoms. The molecule has 7 nitrogen and oxygen atoms in total. The lowest BCUT2D eigenvalue weighted by Crippen LogP contribution is -2.21. The number of carbonyl (C=O) groups is 1. The molecule has 0 fully saturated rings. The zero-order valence-electron chi connectivity index (χ0n) is 17.3. The van der Waals surface area contributed by atoms with Crippen LogP contribution in [0.5, 0.6) is 17.2 Å². The molecule has 0 saturated carbocycles. The molecule has 0 saturated heterocycles. The summed E-state index contributed by atoms with van der Waals surface area (Å²) in [6.07, 6.45) is 0. The molecule has 0 aliphatic carbocycles. The zero-order chi connectivity index (χ0) is 22.1. The molecule has 0 aliphatic heterocycles. The summed E-state index contributed by atoms with van der Waals surface area (Å²) in [5, 5.41) is 20.8. The summed E-state index contributed by atoms with van der Waals surface area (Å²) >= 11 is 3.00. The van der Waals surface area contributed by atoms with Gasteiger partial charge in [0, 0.05) is 33.8 Å². The molecule has 120 valence electrons. The average molecular weight is 387 g/mol. The molecular weight excluding hydrogens is 368 g/mol. The molecule has 1 N–H and O–H groups in total. The lowest BCUT2D eigenvalue weighted by atomic mass is 10.2. The van der Waals surface area contributed by atoms with Crippen LogP contribution in [0.3, 0.4) is 0 Å². The van der Waals surface area contributed by atoms with E-state index in [1.807, 2.05) is 0 Å². The van der Waals surface area contributed by atoms with Crippen molar-refractivity contribution in [2.75, 3.05) is 14.0 Å². The summed E-state index contributed by atoms with van der Waals surface area (Å²) in [7, 11) is 0. The lowest BCUT2D eigenvalue weighted by Gasteiger charge is -2.12. The van der Waals surface area contributed by atoms with Gasteiger partial charge in [-0.3, -0.25) is 14.9 Å². The van der Waals surface area contributed by atoms with Crippen molar-refractivity contribution >= 4 is 27.5 Å². The SMILES string of the molecule is [2H]C([2H])([2H])N(C(=O)c1cccc(Oc2cc(Br)c(O)cc2[N+](=O)[O-])c1)C([2H])([2H])[2H]. The van der Waals surface area contributed by atoms with E-state index in [2.05, 4.69) is 15.9 Å². The third-order valence-electron chi connectivity index (χ3n) is 2.74. The van der Waals surface area contributed by atoms with Crippen LogP contribution in [0.25, 0.3) is 0 Å². The number of phenols is 1. The van der Waals surface area contributed by atoms with Gasteiger partial charge in [0.15, 0.2) is 0 Å². The van der Waals surface area contributed by atoms with Gasteiger partial charge >= 0.3 is 5.69 Å². The fourth-order valence-electron chi connectivity index (χ4n) is 1.71. The van der Waals surface area contributed by atoms with Gasteiger partial charge in [-0.05, 0) is 34.1 Å². The number of nitro groups is 1. The number of benzene rings is 2. The van der Waals surface area contributed by atoms with E-state index in [-0.39, 0.29) is 32.2 Å². The maximum Gasteiger partial charge on any atom is 0.315 e. The predicted octanol–water partition coefficient (Wildman–Crippen LogP) is 3.56. The second-order valence-corrected chi connectivity index (χ2v) is 5.15. The Morgan fingerprint density at radius 2 is 2.13 bits per heavy atom. The van der Waals surface area contributed by atoms with Crippen molar-refractivity contribution in [1.82, 2.24) is 4.90 Å². The van der Waals surface area contributed by atoms with Crippen molar-refractivity contribution in [1.29, 1.82) is 0 Å². The van der Waals surface area contributed by atoms with Gasteiger partial charge in [-0.25, -0.2) is 0 Å². The summed E-state index contributed by atoms with van der Waals surface area (Å²) in [5.41, 5.74) is -0.871. The number of rotatable bonds is 4. The number of hydrogen-bond donors (Lipinski definition) is 1. The highest BCUT2D eigenvalue weighted by atomic mass is 79.9. The number of phenolic OH excluding ortho intramolecular Hbond substituents is 1. The first-order valence-electron chi connectivity index (χ1n) is 9.01. The maximum absolute atomic E-state index is 12.5. The quantitative estimate of drug-likeness (QED) is 0.640. The van der Waals surface area contributed by atoms with Crippen molar-refractivity contribution in [3.63, 3.8) is 0 Å². The van der Waals surface area contributed by atoms with Crippen molar-refractivity contribution in [2.45, 2.75) is 0 Å². The van der Waals surface area contributed by atoms with Crippen LogP contribution in [0.15, 0.2) is 40.9 Å². The van der Waals surface area contributed by atoms with Gasteiger partial charge < -0.3 is 14.7 Å². The molecule has 0 aromatic heterocycles. The monoisotopic (exact) mass is 386 g/mol. The van der Waals surface area contributed by atoms with Gasteiger partial charge in [-0.1, -0.05) is 6.07 Å². The maximum atomic E-state index is 12.5. The van der Waals surface area contributed by atoms with Crippen LogP contribution in [0.4, 0.5) is 5.69 Å². The molecule has 0 radical (unpaired) electrons. The molecule has 0 heterocycles. The Balaban J connectivity index is 2.44. The molecule has 2 rings (SSSR count). The third-order valence-corrected chi connectivity index (χ3v) is 3.37. The lowest BCUT2D eigenvalue weighted by molar-refractivity contribution is -0.385. The van der Waals surface area contributed by atoms with Crippen LogP contribution < -0.4 is 4.74 Å². The molecule has 1 amide bonds. The summed E-state index contributed by atoms with van der Waals surface area (Å²) in [4.78, 5) is 22.7. The van der Waals surface area contributed by atoms with E-state index >= 15 is 0 Å². The Hall–Kier alpha value is -2.61. The minimum atomic E-state index is -3.22. The summed E-state index contributed by atoms with van der Waals surface area (Å²) in [6.45, 7) is -6.44. The molecule has 23 heavy (non-hydrogen) atoms. The Kier molecular flexibility index (Phi) is 2.96. The van der Waals surface area contributed by atoms with E-state index in [0.29, 0.717) is 0 Å². The number of ether oxygens (including phenoxy) is 1. The summed E-state index contributed by atoms with van der Waals surface area (Å²) in [5.74, 6) is -2.05. The van der Waals surface area contributed by atoms with Crippen LogP contribution in [0.1, 0.15) is 18.6 Å².